The SMILES string of the molecule is CCC(N)Cc1cccc(F)c1SCCCOC. The van der Waals surface area contributed by atoms with E-state index < -0.39 is 0 Å². The van der Waals surface area contributed by atoms with E-state index in [2.05, 4.69) is 6.92 Å². The number of thioether (sulfide) groups is 1. The van der Waals surface area contributed by atoms with E-state index in [9.17, 15) is 4.39 Å². The third-order valence-electron chi connectivity index (χ3n) is 2.79. The summed E-state index contributed by atoms with van der Waals surface area (Å²) in [6, 6.07) is 5.34. The minimum atomic E-state index is -0.141. The van der Waals surface area contributed by atoms with Gasteiger partial charge in [0.15, 0.2) is 0 Å². The average molecular weight is 271 g/mol. The number of ether oxygens (including phenoxy) is 1. The molecule has 102 valence electrons. The summed E-state index contributed by atoms with van der Waals surface area (Å²) >= 11 is 1.56. The largest absolute Gasteiger partial charge is 0.385 e. The lowest BCUT2D eigenvalue weighted by atomic mass is 10.0. The van der Waals surface area contributed by atoms with Gasteiger partial charge in [0.25, 0.3) is 0 Å². The number of hydrogen-bond acceptors (Lipinski definition) is 3. The lowest BCUT2D eigenvalue weighted by molar-refractivity contribution is 0.200. The Morgan fingerprint density at radius 1 is 1.44 bits per heavy atom. The van der Waals surface area contributed by atoms with E-state index in [0.717, 1.165) is 35.5 Å². The van der Waals surface area contributed by atoms with Gasteiger partial charge in [0.2, 0.25) is 0 Å². The molecule has 0 radical (unpaired) electrons. The number of hydrogen-bond donors (Lipinski definition) is 1. The lowest BCUT2D eigenvalue weighted by Gasteiger charge is -2.13. The van der Waals surface area contributed by atoms with Crippen LogP contribution in [0.3, 0.4) is 0 Å². The molecule has 1 atom stereocenters. The van der Waals surface area contributed by atoms with Gasteiger partial charge in [0.1, 0.15) is 5.82 Å². The van der Waals surface area contributed by atoms with Crippen molar-refractivity contribution in [1.29, 1.82) is 0 Å². The third kappa shape index (κ3) is 4.96. The Balaban J connectivity index is 2.67. The van der Waals surface area contributed by atoms with Gasteiger partial charge in [0.05, 0.1) is 0 Å². The number of methoxy groups -OCH3 is 1. The van der Waals surface area contributed by atoms with Crippen molar-refractivity contribution in [2.45, 2.75) is 37.1 Å². The fourth-order valence-electron chi connectivity index (χ4n) is 1.68. The summed E-state index contributed by atoms with van der Waals surface area (Å²) in [5.74, 6) is 0.724. The summed E-state index contributed by atoms with van der Waals surface area (Å²) in [5.41, 5.74) is 6.97. The first-order valence-corrected chi connectivity index (χ1v) is 7.32. The molecule has 0 spiro atoms. The van der Waals surface area contributed by atoms with Crippen LogP contribution in [0.25, 0.3) is 0 Å². The molecule has 0 aliphatic heterocycles. The van der Waals surface area contributed by atoms with Gasteiger partial charge in [-0.05, 0) is 30.9 Å². The second kappa shape index (κ2) is 8.51. The first kappa shape index (κ1) is 15.5. The van der Waals surface area contributed by atoms with Crippen molar-refractivity contribution in [2.75, 3.05) is 19.5 Å². The van der Waals surface area contributed by atoms with Crippen molar-refractivity contribution in [3.63, 3.8) is 0 Å². The zero-order valence-electron chi connectivity index (χ0n) is 11.1. The maximum Gasteiger partial charge on any atom is 0.137 e. The number of benzene rings is 1. The van der Waals surface area contributed by atoms with Gasteiger partial charge in [-0.15, -0.1) is 11.8 Å². The Hall–Kier alpha value is -0.580. The second-order valence-corrected chi connectivity index (χ2v) is 5.40. The third-order valence-corrected chi connectivity index (χ3v) is 4.03. The van der Waals surface area contributed by atoms with Gasteiger partial charge >= 0.3 is 0 Å². The summed E-state index contributed by atoms with van der Waals surface area (Å²) in [6.45, 7) is 2.76. The molecule has 0 heterocycles. The van der Waals surface area contributed by atoms with Crippen LogP contribution < -0.4 is 5.73 Å². The fourth-order valence-corrected chi connectivity index (χ4v) is 2.69. The highest BCUT2D eigenvalue weighted by molar-refractivity contribution is 7.99. The molecule has 0 bridgehead atoms. The van der Waals surface area contributed by atoms with Crippen LogP contribution in [0, 0.1) is 5.82 Å². The van der Waals surface area contributed by atoms with Crippen LogP contribution in [0.4, 0.5) is 4.39 Å². The maximum absolute atomic E-state index is 13.8. The van der Waals surface area contributed by atoms with Crippen LogP contribution in [0.2, 0.25) is 0 Å². The number of rotatable bonds is 8. The molecule has 4 heteroatoms. The summed E-state index contributed by atoms with van der Waals surface area (Å²) in [5, 5.41) is 0. The smallest absolute Gasteiger partial charge is 0.137 e. The number of halogens is 1. The van der Waals surface area contributed by atoms with Crippen molar-refractivity contribution < 1.29 is 9.13 Å². The minimum absolute atomic E-state index is 0.102. The molecule has 1 aromatic rings. The van der Waals surface area contributed by atoms with Gasteiger partial charge in [-0.25, -0.2) is 4.39 Å². The van der Waals surface area contributed by atoms with Crippen molar-refractivity contribution in [1.82, 2.24) is 0 Å². The van der Waals surface area contributed by atoms with Crippen LogP contribution in [0.1, 0.15) is 25.3 Å². The van der Waals surface area contributed by atoms with Crippen LogP contribution in [-0.2, 0) is 11.2 Å². The number of nitrogens with two attached hydrogens (primary N) is 1. The molecule has 0 aliphatic rings. The molecule has 2 N–H and O–H groups in total. The van der Waals surface area contributed by atoms with Crippen molar-refractivity contribution in [3.8, 4) is 0 Å². The monoisotopic (exact) mass is 271 g/mol. The second-order valence-electron chi connectivity index (χ2n) is 4.30. The normalized spacial score (nSPS) is 12.7. The van der Waals surface area contributed by atoms with Crippen molar-refractivity contribution >= 4 is 11.8 Å². The predicted octanol–water partition coefficient (Wildman–Crippen LogP) is 3.23. The highest BCUT2D eigenvalue weighted by Gasteiger charge is 2.11. The first-order chi connectivity index (χ1) is 8.69. The zero-order valence-corrected chi connectivity index (χ0v) is 11.9. The minimum Gasteiger partial charge on any atom is -0.385 e. The Morgan fingerprint density at radius 2 is 2.22 bits per heavy atom. The van der Waals surface area contributed by atoms with Gasteiger partial charge < -0.3 is 10.5 Å². The quantitative estimate of drug-likeness (QED) is 0.582. The van der Waals surface area contributed by atoms with Gasteiger partial charge in [-0.3, -0.25) is 0 Å². The first-order valence-electron chi connectivity index (χ1n) is 6.33. The summed E-state index contributed by atoms with van der Waals surface area (Å²) in [6.07, 6.45) is 2.57. The van der Waals surface area contributed by atoms with Gasteiger partial charge in [-0.2, -0.15) is 0 Å². The molecule has 18 heavy (non-hydrogen) atoms. The molecule has 0 aromatic heterocycles. The van der Waals surface area contributed by atoms with E-state index in [1.807, 2.05) is 6.07 Å². The van der Waals surface area contributed by atoms with Crippen LogP contribution >= 0.6 is 11.8 Å². The summed E-state index contributed by atoms with van der Waals surface area (Å²) in [7, 11) is 1.68. The Kier molecular flexibility index (Phi) is 7.32. The maximum atomic E-state index is 13.8. The van der Waals surface area contributed by atoms with Crippen LogP contribution in [0.15, 0.2) is 23.1 Å². The van der Waals surface area contributed by atoms with E-state index in [-0.39, 0.29) is 11.9 Å². The molecule has 0 saturated carbocycles. The van der Waals surface area contributed by atoms with E-state index in [1.165, 1.54) is 6.07 Å². The molecule has 0 fully saturated rings. The Morgan fingerprint density at radius 3 is 2.89 bits per heavy atom. The van der Waals surface area contributed by atoms with E-state index in [0.29, 0.717) is 6.61 Å². The Bertz CT molecular complexity index is 360. The molecule has 1 rings (SSSR count). The molecule has 0 amide bonds. The highest BCUT2D eigenvalue weighted by atomic mass is 32.2. The summed E-state index contributed by atoms with van der Waals surface area (Å²) < 4.78 is 18.8. The summed E-state index contributed by atoms with van der Waals surface area (Å²) in [4.78, 5) is 0.748. The highest BCUT2D eigenvalue weighted by Crippen LogP contribution is 2.27. The molecular formula is C14H22FNOS. The van der Waals surface area contributed by atoms with Gasteiger partial charge in [-0.1, -0.05) is 19.1 Å². The lowest BCUT2D eigenvalue weighted by Crippen LogP contribution is -2.21. The molecule has 1 aromatic carbocycles. The van der Waals surface area contributed by atoms with Crippen molar-refractivity contribution in [3.05, 3.63) is 29.6 Å². The fraction of sp³-hybridized carbons (Fsp3) is 0.571. The zero-order chi connectivity index (χ0) is 13.4. The van der Waals surface area contributed by atoms with Crippen LogP contribution in [-0.4, -0.2) is 25.5 Å². The predicted molar refractivity (Wildman–Crippen MR) is 75.6 cm³/mol. The Labute approximate surface area is 113 Å². The van der Waals surface area contributed by atoms with E-state index in [4.69, 9.17) is 10.5 Å². The molecule has 0 saturated heterocycles. The van der Waals surface area contributed by atoms with Gasteiger partial charge in [0, 0.05) is 30.4 Å². The average Bonchev–Trinajstić information content (AvgIpc) is 2.37. The topological polar surface area (TPSA) is 35.2 Å². The van der Waals surface area contributed by atoms with Crippen molar-refractivity contribution in [2.24, 2.45) is 5.73 Å². The molecular weight excluding hydrogens is 249 g/mol. The van der Waals surface area contributed by atoms with E-state index >= 15 is 0 Å². The molecule has 0 aliphatic carbocycles. The standard InChI is InChI=1S/C14H22FNOS/c1-3-12(16)10-11-6-4-7-13(15)14(11)18-9-5-8-17-2/h4,6-7,12H,3,5,8-10,16H2,1-2H3. The van der Waals surface area contributed by atoms with E-state index in [1.54, 1.807) is 24.9 Å². The van der Waals surface area contributed by atoms with Crippen LogP contribution in [0.5, 0.6) is 0 Å². The molecule has 1 unspecified atom stereocenters. The molecule has 2 nitrogen and oxygen atoms in total.